The van der Waals surface area contributed by atoms with E-state index in [0.717, 1.165) is 32.2 Å². The van der Waals surface area contributed by atoms with Crippen LogP contribution in [0.15, 0.2) is 139 Å². The van der Waals surface area contributed by atoms with Gasteiger partial charge in [-0.05, 0) is 90.5 Å². The quantitative estimate of drug-likeness (QED) is 0.0100. The van der Waals surface area contributed by atoms with Crippen LogP contribution in [-0.2, 0) is 24.2 Å². The molecule has 0 radical (unpaired) electrons. The van der Waals surface area contributed by atoms with Crippen LogP contribution in [-0.4, -0.2) is 179 Å². The SMILES string of the molecule is CC=CCCC=CC(C)C(O)C(C)C(O)C=CC=CC=CC=CC=CC=CCC(OS(=O)(=O)O)C(C)C(=O)CC(O)CC(O)C=CCC(O)CC(O)CC(O)C=CCC(O)CC(O)C=CCC(O)CC(O)CCCN=C(N)NC(=O)C1CCCN1. The number of amides is 1. The molecule has 1 amide bonds. The standard InChI is InChI=1S/C63H102N4O17S/c1-5-6-7-15-18-26-45(2)61(79)47(4)58(77)35-19-16-13-11-9-8-10-12-14-17-20-36-60(84-85(81,82)83)46(3)59(78)44-56(76)43-53(73)32-23-31-52(72)42-55(75)41-51(71)30-22-29-49(69)39-48(68)27-21-28-50(70)40-54(74)33-24-38-66-63(64)67-62(80)57-34-25-37-65-57/h5-6,8-14,16-23,26-27,30,32,35,45-58,60-61,65,68-77,79H,7,15,24-25,28-29,31,33-34,36-44H2,1-4H3,(H,81,82,83)(H3,64,66,67,80). The van der Waals surface area contributed by atoms with Crippen LogP contribution in [0.5, 0.6) is 0 Å². The molecule has 482 valence electrons. The van der Waals surface area contributed by atoms with Crippen LogP contribution in [0, 0.1) is 17.8 Å². The van der Waals surface area contributed by atoms with E-state index in [-0.39, 0.29) is 87.5 Å². The number of nitrogens with one attached hydrogen (secondary N) is 2. The van der Waals surface area contributed by atoms with Crippen molar-refractivity contribution >= 4 is 28.0 Å². The molecule has 1 heterocycles. The minimum absolute atomic E-state index is 0.00264. The van der Waals surface area contributed by atoms with Gasteiger partial charge in [-0.15, -0.1) is 0 Å². The maximum Gasteiger partial charge on any atom is 0.397 e. The molecule has 0 aromatic heterocycles. The molecular weight excluding hydrogens is 1120 g/mol. The fraction of sp³-hybridized carbons (Fsp3) is 0.603. The number of aliphatic hydroxyl groups is 11. The molecule has 0 spiro atoms. The predicted molar refractivity (Wildman–Crippen MR) is 332 cm³/mol. The third kappa shape index (κ3) is 41.0. The van der Waals surface area contributed by atoms with E-state index in [2.05, 4.69) is 21.7 Å². The second-order valence-electron chi connectivity index (χ2n) is 21.7. The molecule has 0 aromatic rings. The second kappa shape index (κ2) is 46.3. The Balaban J connectivity index is 2.42. The van der Waals surface area contributed by atoms with Gasteiger partial charge in [0.1, 0.15) is 5.78 Å². The molecule has 21 nitrogen and oxygen atoms in total. The number of unbranched alkanes of at least 4 members (excludes halogenated alkanes) is 1. The lowest BCUT2D eigenvalue weighted by Gasteiger charge is -2.25. The lowest BCUT2D eigenvalue weighted by atomic mass is 9.88. The first kappa shape index (κ1) is 78.2. The van der Waals surface area contributed by atoms with Gasteiger partial charge in [-0.25, -0.2) is 4.18 Å². The summed E-state index contributed by atoms with van der Waals surface area (Å²) in [7, 11) is -4.95. The number of guanidine groups is 1. The summed E-state index contributed by atoms with van der Waals surface area (Å²) < 4.78 is 37.4. The van der Waals surface area contributed by atoms with Gasteiger partial charge in [-0.2, -0.15) is 8.42 Å². The molecule has 1 aliphatic rings. The zero-order valence-electron chi connectivity index (χ0n) is 50.0. The van der Waals surface area contributed by atoms with Gasteiger partial charge in [-0.1, -0.05) is 154 Å². The number of rotatable bonds is 45. The van der Waals surface area contributed by atoms with Crippen molar-refractivity contribution in [3.63, 3.8) is 0 Å². The molecular formula is C63H102N4O17S. The van der Waals surface area contributed by atoms with E-state index in [9.17, 15) is 78.7 Å². The number of aliphatic hydroxyl groups excluding tert-OH is 11. The number of allylic oxidation sites excluding steroid dienone is 13. The van der Waals surface area contributed by atoms with Gasteiger partial charge in [0, 0.05) is 50.0 Å². The molecule has 16 atom stereocenters. The summed E-state index contributed by atoms with van der Waals surface area (Å²) in [5, 5.41) is 120. The summed E-state index contributed by atoms with van der Waals surface area (Å²) in [6.45, 7) is 8.17. The van der Waals surface area contributed by atoms with Crippen LogP contribution < -0.4 is 16.4 Å². The van der Waals surface area contributed by atoms with Crippen molar-refractivity contribution in [2.24, 2.45) is 28.5 Å². The summed E-state index contributed by atoms with van der Waals surface area (Å²) in [5.41, 5.74) is 5.77. The topological polar surface area (TPSA) is 383 Å². The predicted octanol–water partition coefficient (Wildman–Crippen LogP) is 4.40. The Hall–Kier alpha value is -4.86. The average molecular weight is 1220 g/mol. The zero-order chi connectivity index (χ0) is 63.6. The van der Waals surface area contributed by atoms with Gasteiger partial charge in [0.15, 0.2) is 5.96 Å². The number of carbonyl (C=O) groups excluding carboxylic acids is 2. The van der Waals surface area contributed by atoms with Crippen LogP contribution >= 0.6 is 0 Å². The number of carbonyl (C=O) groups is 2. The van der Waals surface area contributed by atoms with E-state index in [0.29, 0.717) is 19.4 Å². The minimum Gasteiger partial charge on any atom is -0.393 e. The summed E-state index contributed by atoms with van der Waals surface area (Å²) in [6, 6.07) is -0.276. The Morgan fingerprint density at radius 2 is 1.13 bits per heavy atom. The van der Waals surface area contributed by atoms with Gasteiger partial charge in [0.2, 0.25) is 5.91 Å². The smallest absolute Gasteiger partial charge is 0.393 e. The normalized spacial score (nSPS) is 20.7. The van der Waals surface area contributed by atoms with E-state index in [1.54, 1.807) is 85.9 Å². The van der Waals surface area contributed by atoms with Crippen LogP contribution in [0.4, 0.5) is 0 Å². The Bertz CT molecular complexity index is 2330. The highest BCUT2D eigenvalue weighted by Gasteiger charge is 2.30. The summed E-state index contributed by atoms with van der Waals surface area (Å²) >= 11 is 0. The Labute approximate surface area is 504 Å². The number of nitrogens with zero attached hydrogens (tertiary/aromatic N) is 1. The average Bonchev–Trinajstić information content (AvgIpc) is 4.12. The highest BCUT2D eigenvalue weighted by Crippen LogP contribution is 2.22. The van der Waals surface area contributed by atoms with Gasteiger partial charge >= 0.3 is 10.4 Å². The number of aliphatic imine (C=N–C) groups is 1. The third-order valence-corrected chi connectivity index (χ3v) is 14.4. The van der Waals surface area contributed by atoms with Crippen molar-refractivity contribution in [2.45, 2.75) is 210 Å². The lowest BCUT2D eigenvalue weighted by Crippen LogP contribution is -2.46. The first-order chi connectivity index (χ1) is 40.3. The molecule has 1 rings (SSSR count). The molecule has 22 heteroatoms. The summed E-state index contributed by atoms with van der Waals surface area (Å²) in [6.07, 6.45) is 28.4. The molecule has 0 bridgehead atoms. The number of hydrogen-bond donors (Lipinski definition) is 15. The molecule has 1 fully saturated rings. The van der Waals surface area contributed by atoms with E-state index < -0.39 is 102 Å². The molecule has 1 aliphatic heterocycles. The molecule has 16 unspecified atom stereocenters. The second-order valence-corrected chi connectivity index (χ2v) is 22.8. The fourth-order valence-corrected chi connectivity index (χ4v) is 9.44. The molecule has 16 N–H and O–H groups in total. The van der Waals surface area contributed by atoms with Crippen LogP contribution in [0.2, 0.25) is 0 Å². The largest absolute Gasteiger partial charge is 0.397 e. The number of hydrogen-bond acceptors (Lipinski definition) is 18. The fourth-order valence-electron chi connectivity index (χ4n) is 8.88. The first-order valence-corrected chi connectivity index (χ1v) is 31.0. The van der Waals surface area contributed by atoms with E-state index in [1.807, 2.05) is 32.1 Å². The van der Waals surface area contributed by atoms with Crippen molar-refractivity contribution in [3.05, 3.63) is 134 Å². The molecule has 0 saturated carbocycles. The third-order valence-electron chi connectivity index (χ3n) is 13.9. The van der Waals surface area contributed by atoms with Gasteiger partial charge in [0.25, 0.3) is 0 Å². The summed E-state index contributed by atoms with van der Waals surface area (Å²) in [4.78, 5) is 29.3. The minimum atomic E-state index is -4.95. The van der Waals surface area contributed by atoms with E-state index >= 15 is 0 Å². The Morgan fingerprint density at radius 3 is 1.67 bits per heavy atom. The molecule has 0 aliphatic carbocycles. The number of ketones is 1. The van der Waals surface area contributed by atoms with Gasteiger partial charge in [-0.3, -0.25) is 24.5 Å². The lowest BCUT2D eigenvalue weighted by molar-refractivity contribution is -0.127. The number of nitrogens with two attached hydrogens (primary N) is 1. The first-order valence-electron chi connectivity index (χ1n) is 29.6. The van der Waals surface area contributed by atoms with Crippen LogP contribution in [0.1, 0.15) is 130 Å². The van der Waals surface area contributed by atoms with Crippen molar-refractivity contribution < 1.29 is 82.9 Å². The highest BCUT2D eigenvalue weighted by molar-refractivity contribution is 7.80. The molecule has 1 saturated heterocycles. The molecule has 85 heavy (non-hydrogen) atoms. The Kier molecular flexibility index (Phi) is 42.6. The zero-order valence-corrected chi connectivity index (χ0v) is 50.8. The van der Waals surface area contributed by atoms with Crippen molar-refractivity contribution in [1.82, 2.24) is 10.6 Å². The van der Waals surface area contributed by atoms with Gasteiger partial charge in [0.05, 0.1) is 79.3 Å². The highest BCUT2D eigenvalue weighted by atomic mass is 32.3. The van der Waals surface area contributed by atoms with Gasteiger partial charge < -0.3 is 67.2 Å². The van der Waals surface area contributed by atoms with Crippen molar-refractivity contribution in [2.75, 3.05) is 13.1 Å². The van der Waals surface area contributed by atoms with Crippen LogP contribution in [0.3, 0.4) is 0 Å². The Morgan fingerprint density at radius 1 is 0.624 bits per heavy atom. The maximum absolute atomic E-state index is 13.1. The monoisotopic (exact) mass is 1220 g/mol. The van der Waals surface area contributed by atoms with Crippen molar-refractivity contribution in [1.29, 1.82) is 0 Å². The van der Waals surface area contributed by atoms with Crippen molar-refractivity contribution in [3.8, 4) is 0 Å². The maximum atomic E-state index is 13.1. The molecule has 0 aromatic carbocycles. The van der Waals surface area contributed by atoms with Crippen LogP contribution in [0.25, 0.3) is 0 Å². The van der Waals surface area contributed by atoms with E-state index in [1.165, 1.54) is 37.3 Å². The summed E-state index contributed by atoms with van der Waals surface area (Å²) in [5.74, 6) is -2.35. The van der Waals surface area contributed by atoms with E-state index in [4.69, 9.17) is 9.92 Å². The number of Topliss-reactive ketones (excluding diaryl/α,β-unsaturated/α-hetero) is 1.